The van der Waals surface area contributed by atoms with Crippen molar-refractivity contribution < 1.29 is 8.42 Å². The van der Waals surface area contributed by atoms with Gasteiger partial charge in [-0.15, -0.1) is 0 Å². The Labute approximate surface area is 107 Å². The van der Waals surface area contributed by atoms with Gasteiger partial charge in [-0.05, 0) is 24.1 Å². The molecule has 0 aliphatic heterocycles. The monoisotopic (exact) mass is 270 g/mol. The minimum absolute atomic E-state index is 0.0316. The molecule has 1 aromatic carbocycles. The maximum absolute atomic E-state index is 11.2. The number of sulfonamides is 1. The molecule has 0 heterocycles. The minimum atomic E-state index is -3.71. The molecule has 0 aliphatic rings. The van der Waals surface area contributed by atoms with Crippen LogP contribution < -0.4 is 16.2 Å². The van der Waals surface area contributed by atoms with E-state index in [1.165, 1.54) is 12.1 Å². The minimum Gasteiger partial charge on any atom is -0.370 e. The predicted molar refractivity (Wildman–Crippen MR) is 72.8 cm³/mol. The van der Waals surface area contributed by atoms with Gasteiger partial charge in [0, 0.05) is 12.2 Å². The highest BCUT2D eigenvalue weighted by atomic mass is 32.2. The van der Waals surface area contributed by atoms with E-state index in [0.717, 1.165) is 0 Å². The molecular weight excluding hydrogens is 252 g/mol. The Balaban J connectivity index is 2.83. The van der Waals surface area contributed by atoms with Gasteiger partial charge >= 0.3 is 0 Å². The lowest BCUT2D eigenvalue weighted by Crippen LogP contribution is -2.23. The van der Waals surface area contributed by atoms with Gasteiger partial charge in [0.2, 0.25) is 10.0 Å². The van der Waals surface area contributed by atoms with Crippen LogP contribution in [-0.4, -0.2) is 20.9 Å². The zero-order valence-corrected chi connectivity index (χ0v) is 11.2. The molecule has 100 valence electrons. The summed E-state index contributed by atoms with van der Waals surface area (Å²) in [5, 5.41) is 7.86. The summed E-state index contributed by atoms with van der Waals surface area (Å²) in [6.45, 7) is 4.66. The van der Waals surface area contributed by atoms with E-state index in [2.05, 4.69) is 10.3 Å². The maximum Gasteiger partial charge on any atom is 0.238 e. The first kappa shape index (κ1) is 14.5. The van der Waals surface area contributed by atoms with Gasteiger partial charge in [-0.3, -0.25) is 4.99 Å². The Hall–Kier alpha value is -1.60. The Kier molecular flexibility index (Phi) is 4.69. The van der Waals surface area contributed by atoms with Crippen LogP contribution in [0.15, 0.2) is 34.2 Å². The lowest BCUT2D eigenvalue weighted by molar-refractivity contribution is 0.598. The number of anilines is 1. The quantitative estimate of drug-likeness (QED) is 0.553. The van der Waals surface area contributed by atoms with Crippen LogP contribution in [0.25, 0.3) is 0 Å². The summed E-state index contributed by atoms with van der Waals surface area (Å²) in [7, 11) is -3.71. The van der Waals surface area contributed by atoms with Crippen LogP contribution in [0.3, 0.4) is 0 Å². The van der Waals surface area contributed by atoms with E-state index in [4.69, 9.17) is 10.9 Å². The zero-order chi connectivity index (χ0) is 13.8. The summed E-state index contributed by atoms with van der Waals surface area (Å²) in [5.41, 5.74) is 6.21. The fourth-order valence-corrected chi connectivity index (χ4v) is 1.78. The Morgan fingerprint density at radius 2 is 2.11 bits per heavy atom. The van der Waals surface area contributed by atoms with Gasteiger partial charge in [-0.25, -0.2) is 13.6 Å². The third-order valence-corrected chi connectivity index (χ3v) is 2.97. The summed E-state index contributed by atoms with van der Waals surface area (Å²) in [4.78, 5) is 4.15. The number of hydrogen-bond acceptors (Lipinski definition) is 3. The van der Waals surface area contributed by atoms with Crippen molar-refractivity contribution in [2.45, 2.75) is 18.7 Å². The largest absolute Gasteiger partial charge is 0.370 e. The van der Waals surface area contributed by atoms with E-state index in [9.17, 15) is 8.42 Å². The number of nitrogens with zero attached hydrogens (tertiary/aromatic N) is 1. The number of benzene rings is 1. The molecule has 6 nitrogen and oxygen atoms in total. The average molecular weight is 270 g/mol. The van der Waals surface area contributed by atoms with Gasteiger partial charge in [0.1, 0.15) is 0 Å². The number of aliphatic imine (C=N–C) groups is 1. The molecule has 18 heavy (non-hydrogen) atoms. The van der Waals surface area contributed by atoms with E-state index in [1.807, 2.05) is 13.8 Å². The van der Waals surface area contributed by atoms with E-state index in [0.29, 0.717) is 18.2 Å². The molecule has 0 radical (unpaired) electrons. The number of primary sulfonamides is 1. The van der Waals surface area contributed by atoms with E-state index in [-0.39, 0.29) is 10.9 Å². The first-order valence-corrected chi connectivity index (χ1v) is 7.03. The molecule has 0 fully saturated rings. The van der Waals surface area contributed by atoms with Crippen molar-refractivity contribution in [1.29, 1.82) is 0 Å². The molecule has 0 amide bonds. The number of hydrogen-bond donors (Lipinski definition) is 3. The second-order valence-corrected chi connectivity index (χ2v) is 5.88. The molecule has 5 N–H and O–H groups in total. The van der Waals surface area contributed by atoms with Crippen molar-refractivity contribution in [1.82, 2.24) is 0 Å². The summed E-state index contributed by atoms with van der Waals surface area (Å²) in [6, 6.07) is 6.10. The normalized spacial score (nSPS) is 12.8. The molecule has 0 aromatic heterocycles. The predicted octanol–water partition coefficient (Wildman–Crippen LogP) is 0.717. The SMILES string of the molecule is CC(C)CN=C(N)Nc1cccc(S(N)(=O)=O)c1. The summed E-state index contributed by atoms with van der Waals surface area (Å²) >= 11 is 0. The highest BCUT2D eigenvalue weighted by Crippen LogP contribution is 2.13. The molecule has 7 heteroatoms. The van der Waals surface area contributed by atoms with E-state index < -0.39 is 10.0 Å². The van der Waals surface area contributed by atoms with Crippen molar-refractivity contribution in [2.75, 3.05) is 11.9 Å². The smallest absolute Gasteiger partial charge is 0.238 e. The molecule has 0 bridgehead atoms. The second kappa shape index (κ2) is 5.83. The second-order valence-electron chi connectivity index (χ2n) is 4.32. The highest BCUT2D eigenvalue weighted by Gasteiger charge is 2.08. The summed E-state index contributed by atoms with van der Waals surface area (Å²) < 4.78 is 22.3. The zero-order valence-electron chi connectivity index (χ0n) is 10.4. The molecule has 0 spiro atoms. The van der Waals surface area contributed by atoms with E-state index >= 15 is 0 Å². The molecule has 0 aliphatic carbocycles. The van der Waals surface area contributed by atoms with Crippen LogP contribution in [0.5, 0.6) is 0 Å². The first-order valence-electron chi connectivity index (χ1n) is 5.49. The molecule has 1 rings (SSSR count). The molecule has 0 saturated heterocycles. The van der Waals surface area contributed by atoms with E-state index in [1.54, 1.807) is 12.1 Å². The molecule has 0 saturated carbocycles. The van der Waals surface area contributed by atoms with Crippen molar-refractivity contribution >= 4 is 21.7 Å². The third-order valence-electron chi connectivity index (χ3n) is 2.06. The molecule has 1 aromatic rings. The van der Waals surface area contributed by atoms with Crippen molar-refractivity contribution in [2.24, 2.45) is 21.8 Å². The van der Waals surface area contributed by atoms with Crippen LogP contribution in [0.1, 0.15) is 13.8 Å². The fraction of sp³-hybridized carbons (Fsp3) is 0.364. The topological polar surface area (TPSA) is 111 Å². The first-order chi connectivity index (χ1) is 8.29. The number of nitrogens with two attached hydrogens (primary N) is 2. The number of nitrogens with one attached hydrogen (secondary N) is 1. The number of rotatable bonds is 4. The molecule has 0 unspecified atom stereocenters. The van der Waals surface area contributed by atoms with Crippen molar-refractivity contribution in [3.05, 3.63) is 24.3 Å². The van der Waals surface area contributed by atoms with Gasteiger partial charge in [-0.1, -0.05) is 19.9 Å². The van der Waals surface area contributed by atoms with Gasteiger partial charge in [0.05, 0.1) is 4.90 Å². The molecule has 0 atom stereocenters. The fourth-order valence-electron chi connectivity index (χ4n) is 1.22. The average Bonchev–Trinajstić information content (AvgIpc) is 2.25. The summed E-state index contributed by atoms with van der Waals surface area (Å²) in [6.07, 6.45) is 0. The van der Waals surface area contributed by atoms with Crippen LogP contribution in [-0.2, 0) is 10.0 Å². The van der Waals surface area contributed by atoms with Gasteiger partial charge in [0.15, 0.2) is 5.96 Å². The van der Waals surface area contributed by atoms with Crippen molar-refractivity contribution in [3.63, 3.8) is 0 Å². The molecular formula is C11H18N4O2S. The lowest BCUT2D eigenvalue weighted by Gasteiger charge is -2.07. The Morgan fingerprint density at radius 1 is 1.44 bits per heavy atom. The van der Waals surface area contributed by atoms with Crippen LogP contribution in [0.4, 0.5) is 5.69 Å². The Bertz CT molecular complexity index is 538. The summed E-state index contributed by atoms with van der Waals surface area (Å²) in [5.74, 6) is 0.649. The highest BCUT2D eigenvalue weighted by molar-refractivity contribution is 7.89. The van der Waals surface area contributed by atoms with Crippen LogP contribution in [0.2, 0.25) is 0 Å². The number of guanidine groups is 1. The third kappa shape index (κ3) is 4.72. The van der Waals surface area contributed by atoms with Crippen LogP contribution >= 0.6 is 0 Å². The van der Waals surface area contributed by atoms with Gasteiger partial charge in [0.25, 0.3) is 0 Å². The van der Waals surface area contributed by atoms with Gasteiger partial charge < -0.3 is 11.1 Å². The van der Waals surface area contributed by atoms with Crippen molar-refractivity contribution in [3.8, 4) is 0 Å². The Morgan fingerprint density at radius 3 is 2.67 bits per heavy atom. The lowest BCUT2D eigenvalue weighted by atomic mass is 10.2. The maximum atomic E-state index is 11.2. The van der Waals surface area contributed by atoms with Gasteiger partial charge in [-0.2, -0.15) is 0 Å². The van der Waals surface area contributed by atoms with Crippen LogP contribution in [0, 0.1) is 5.92 Å². The standard InChI is InChI=1S/C11H18N4O2S/c1-8(2)7-14-11(12)15-9-4-3-5-10(6-9)18(13,16)17/h3-6,8H,7H2,1-2H3,(H3,12,14,15)(H2,13,16,17).